The summed E-state index contributed by atoms with van der Waals surface area (Å²) in [7, 11) is 2.07. The number of hydrogen-bond acceptors (Lipinski definition) is 3. The third-order valence-electron chi connectivity index (χ3n) is 4.47. The van der Waals surface area contributed by atoms with Gasteiger partial charge in [0.2, 0.25) is 0 Å². The van der Waals surface area contributed by atoms with Crippen LogP contribution in [0.5, 0.6) is 0 Å². The van der Waals surface area contributed by atoms with Gasteiger partial charge in [-0.2, -0.15) is 0 Å². The lowest BCUT2D eigenvalue weighted by molar-refractivity contribution is -0.137. The lowest BCUT2D eigenvalue weighted by atomic mass is 10.1. The molecule has 0 spiro atoms. The number of benzene rings is 2. The van der Waals surface area contributed by atoms with Crippen LogP contribution in [0.4, 0.5) is 5.69 Å². The molecule has 0 bridgehead atoms. The number of carbonyl (C=O) groups excluding carboxylic acids is 1. The molecule has 4 nitrogen and oxygen atoms in total. The molecule has 0 atom stereocenters. The minimum absolute atomic E-state index is 0.352. The van der Waals surface area contributed by atoms with Crippen LogP contribution in [-0.4, -0.2) is 30.7 Å². The van der Waals surface area contributed by atoms with Crippen LogP contribution in [0.3, 0.4) is 0 Å². The fourth-order valence-electron chi connectivity index (χ4n) is 3.08. The summed E-state index contributed by atoms with van der Waals surface area (Å²) in [6, 6.07) is 18.3. The Morgan fingerprint density at radius 2 is 1.85 bits per heavy atom. The van der Waals surface area contributed by atoms with Gasteiger partial charge in [0.1, 0.15) is 5.15 Å². The number of aromatic nitrogens is 1. The number of nitrogens with zero attached hydrogens (tertiary/aromatic N) is 2. The van der Waals surface area contributed by atoms with Gasteiger partial charge < -0.3 is 14.2 Å². The molecule has 5 heteroatoms. The molecule has 0 radical (unpaired) electrons. The van der Waals surface area contributed by atoms with Crippen molar-refractivity contribution in [3.8, 4) is 0 Å². The van der Waals surface area contributed by atoms with Gasteiger partial charge in [0.05, 0.1) is 6.61 Å². The summed E-state index contributed by atoms with van der Waals surface area (Å²) in [6.07, 6.45) is 3.16. The molecule has 0 fully saturated rings. The van der Waals surface area contributed by atoms with Crippen LogP contribution in [0.25, 0.3) is 17.0 Å². The van der Waals surface area contributed by atoms with E-state index in [4.69, 9.17) is 16.3 Å². The Morgan fingerprint density at radius 3 is 2.59 bits per heavy atom. The highest BCUT2D eigenvalue weighted by Gasteiger charge is 2.14. The van der Waals surface area contributed by atoms with Crippen LogP contribution in [-0.2, 0) is 16.1 Å². The van der Waals surface area contributed by atoms with Crippen molar-refractivity contribution in [2.45, 2.75) is 13.5 Å². The van der Waals surface area contributed by atoms with Crippen LogP contribution >= 0.6 is 11.6 Å². The van der Waals surface area contributed by atoms with E-state index in [-0.39, 0.29) is 5.97 Å². The molecule has 0 N–H and O–H groups in total. The minimum Gasteiger partial charge on any atom is -0.463 e. The molecule has 140 valence electrons. The van der Waals surface area contributed by atoms with Crippen LogP contribution < -0.4 is 4.90 Å². The molecule has 3 aromatic rings. The lowest BCUT2D eigenvalue weighted by Crippen LogP contribution is -2.22. The Bertz CT molecular complexity index is 948. The zero-order chi connectivity index (χ0) is 19.2. The monoisotopic (exact) mass is 382 g/mol. The van der Waals surface area contributed by atoms with Crippen LogP contribution in [0.2, 0.25) is 5.15 Å². The molecule has 1 heterocycles. The van der Waals surface area contributed by atoms with E-state index in [0.717, 1.165) is 35.2 Å². The van der Waals surface area contributed by atoms with Crippen molar-refractivity contribution < 1.29 is 9.53 Å². The second-order valence-electron chi connectivity index (χ2n) is 6.22. The van der Waals surface area contributed by atoms with Gasteiger partial charge in [-0.1, -0.05) is 48.0 Å². The van der Waals surface area contributed by atoms with Gasteiger partial charge in [-0.3, -0.25) is 0 Å². The first-order chi connectivity index (χ1) is 13.1. The van der Waals surface area contributed by atoms with Crippen molar-refractivity contribution >= 4 is 40.2 Å². The number of likely N-dealkylation sites (N-methyl/N-ethyl adjacent to an activating group) is 1. The van der Waals surface area contributed by atoms with Crippen molar-refractivity contribution in [2.24, 2.45) is 0 Å². The first-order valence-corrected chi connectivity index (χ1v) is 9.37. The zero-order valence-electron chi connectivity index (χ0n) is 15.6. The number of rotatable bonds is 7. The second kappa shape index (κ2) is 8.78. The van der Waals surface area contributed by atoms with Crippen LogP contribution in [0, 0.1) is 0 Å². The molecule has 0 aliphatic rings. The van der Waals surface area contributed by atoms with E-state index < -0.39 is 0 Å². The number of hydrogen-bond donors (Lipinski definition) is 0. The maximum absolute atomic E-state index is 11.7. The Morgan fingerprint density at radius 1 is 1.15 bits per heavy atom. The Hall–Kier alpha value is -2.72. The topological polar surface area (TPSA) is 34.5 Å². The maximum Gasteiger partial charge on any atom is 0.330 e. The highest BCUT2D eigenvalue weighted by atomic mass is 35.5. The molecule has 3 rings (SSSR count). The molecule has 2 aromatic carbocycles. The molecular formula is C22H23ClN2O2. The third kappa shape index (κ3) is 4.34. The summed E-state index contributed by atoms with van der Waals surface area (Å²) < 4.78 is 7.05. The summed E-state index contributed by atoms with van der Waals surface area (Å²) in [6.45, 7) is 3.68. The van der Waals surface area contributed by atoms with Gasteiger partial charge in [0, 0.05) is 48.4 Å². The van der Waals surface area contributed by atoms with Crippen molar-refractivity contribution in [2.75, 3.05) is 25.1 Å². The highest BCUT2D eigenvalue weighted by molar-refractivity contribution is 6.33. The van der Waals surface area contributed by atoms with E-state index in [0.29, 0.717) is 11.8 Å². The summed E-state index contributed by atoms with van der Waals surface area (Å²) in [4.78, 5) is 13.9. The summed E-state index contributed by atoms with van der Waals surface area (Å²) in [5.41, 5.74) is 3.04. The summed E-state index contributed by atoms with van der Waals surface area (Å²) in [5.74, 6) is -0.366. The Labute approximate surface area is 164 Å². The molecule has 0 aliphatic heterocycles. The van der Waals surface area contributed by atoms with Gasteiger partial charge in [0.25, 0.3) is 0 Å². The van der Waals surface area contributed by atoms with E-state index in [2.05, 4.69) is 28.6 Å². The quantitative estimate of drug-likeness (QED) is 0.425. The molecule has 0 saturated heterocycles. The van der Waals surface area contributed by atoms with Gasteiger partial charge in [-0.25, -0.2) is 4.79 Å². The van der Waals surface area contributed by atoms with E-state index in [1.54, 1.807) is 13.0 Å². The largest absolute Gasteiger partial charge is 0.463 e. The molecular weight excluding hydrogens is 360 g/mol. The van der Waals surface area contributed by atoms with Crippen molar-refractivity contribution in [1.82, 2.24) is 4.57 Å². The SMILES string of the molecule is CCOC(=O)/C=C/c1c(Cl)n(CCN(C)c2ccccc2)c2ccccc12. The average molecular weight is 383 g/mol. The van der Waals surface area contributed by atoms with E-state index in [1.807, 2.05) is 42.5 Å². The molecule has 0 amide bonds. The standard InChI is InChI=1S/C22H23ClN2O2/c1-3-27-21(26)14-13-19-18-11-7-8-12-20(18)25(22(19)23)16-15-24(2)17-9-5-4-6-10-17/h4-14H,3,15-16H2,1-2H3/b14-13+. The smallest absolute Gasteiger partial charge is 0.330 e. The van der Waals surface area contributed by atoms with E-state index >= 15 is 0 Å². The Kier molecular flexibility index (Phi) is 6.20. The molecule has 0 unspecified atom stereocenters. The first-order valence-electron chi connectivity index (χ1n) is 8.99. The number of esters is 1. The minimum atomic E-state index is -0.366. The van der Waals surface area contributed by atoms with Gasteiger partial charge in [0.15, 0.2) is 0 Å². The van der Waals surface area contributed by atoms with Crippen molar-refractivity contribution in [1.29, 1.82) is 0 Å². The number of halogens is 1. The van der Waals surface area contributed by atoms with Crippen LogP contribution in [0.15, 0.2) is 60.7 Å². The highest BCUT2D eigenvalue weighted by Crippen LogP contribution is 2.31. The number of ether oxygens (including phenoxy) is 1. The van der Waals surface area contributed by atoms with E-state index in [1.165, 1.54) is 6.08 Å². The summed E-state index contributed by atoms with van der Waals surface area (Å²) in [5, 5.41) is 1.64. The predicted molar refractivity (Wildman–Crippen MR) is 112 cm³/mol. The van der Waals surface area contributed by atoms with Gasteiger partial charge in [-0.15, -0.1) is 0 Å². The lowest BCUT2D eigenvalue weighted by Gasteiger charge is -2.20. The number of fused-ring (bicyclic) bond motifs is 1. The normalized spacial score (nSPS) is 11.2. The van der Waals surface area contributed by atoms with Crippen molar-refractivity contribution in [3.05, 3.63) is 71.4 Å². The maximum atomic E-state index is 11.7. The predicted octanol–water partition coefficient (Wildman–Crippen LogP) is 5.01. The van der Waals surface area contributed by atoms with E-state index in [9.17, 15) is 4.79 Å². The number of para-hydroxylation sites is 2. The molecule has 0 saturated carbocycles. The number of anilines is 1. The average Bonchev–Trinajstić information content (AvgIpc) is 2.96. The zero-order valence-corrected chi connectivity index (χ0v) is 16.3. The second-order valence-corrected chi connectivity index (χ2v) is 6.57. The number of carbonyl (C=O) groups is 1. The van der Waals surface area contributed by atoms with Gasteiger partial charge in [-0.05, 0) is 31.2 Å². The van der Waals surface area contributed by atoms with Gasteiger partial charge >= 0.3 is 5.97 Å². The third-order valence-corrected chi connectivity index (χ3v) is 4.88. The van der Waals surface area contributed by atoms with Crippen molar-refractivity contribution in [3.63, 3.8) is 0 Å². The Balaban J connectivity index is 1.87. The molecule has 0 aliphatic carbocycles. The fraction of sp³-hybridized carbons (Fsp3) is 0.227. The molecule has 1 aromatic heterocycles. The first kappa shape index (κ1) is 19.1. The molecule has 27 heavy (non-hydrogen) atoms. The van der Waals surface area contributed by atoms with Crippen LogP contribution in [0.1, 0.15) is 12.5 Å². The fourth-order valence-corrected chi connectivity index (χ4v) is 3.42. The summed E-state index contributed by atoms with van der Waals surface area (Å²) >= 11 is 6.68.